The van der Waals surface area contributed by atoms with Crippen LogP contribution < -0.4 is 4.90 Å². The van der Waals surface area contributed by atoms with Crippen molar-refractivity contribution < 1.29 is 4.79 Å². The van der Waals surface area contributed by atoms with E-state index in [4.69, 9.17) is 0 Å². The zero-order chi connectivity index (χ0) is 13.9. The number of piperidine rings is 1. The molecule has 2 saturated heterocycles. The Hall–Kier alpha value is -0.750. The summed E-state index contributed by atoms with van der Waals surface area (Å²) in [7, 11) is 0. The smallest absolute Gasteiger partial charge is 0.227 e. The van der Waals surface area contributed by atoms with Crippen LogP contribution in [0, 0.1) is 12.8 Å². The van der Waals surface area contributed by atoms with Crippen molar-refractivity contribution >= 4 is 34.1 Å². The summed E-state index contributed by atoms with van der Waals surface area (Å²) in [6, 6.07) is 0. The Morgan fingerprint density at radius 1 is 1.35 bits per heavy atom. The molecule has 0 radical (unpaired) electrons. The minimum atomic E-state index is 0.163. The summed E-state index contributed by atoms with van der Waals surface area (Å²) >= 11 is 3.68. The number of rotatable bonds is 2. The second-order valence-electron chi connectivity index (χ2n) is 5.48. The van der Waals surface area contributed by atoms with Crippen LogP contribution in [0.15, 0.2) is 6.20 Å². The van der Waals surface area contributed by atoms with Crippen LogP contribution in [0.25, 0.3) is 0 Å². The molecule has 110 valence electrons. The van der Waals surface area contributed by atoms with Crippen LogP contribution in [0.5, 0.6) is 0 Å². The Morgan fingerprint density at radius 3 is 2.85 bits per heavy atom. The third-order valence-corrected chi connectivity index (χ3v) is 5.89. The molecule has 4 nitrogen and oxygen atoms in total. The minimum absolute atomic E-state index is 0.163. The Morgan fingerprint density at radius 2 is 2.15 bits per heavy atom. The first-order valence-corrected chi connectivity index (χ1v) is 9.25. The fourth-order valence-corrected chi connectivity index (χ4v) is 4.58. The van der Waals surface area contributed by atoms with E-state index in [0.717, 1.165) is 55.7 Å². The zero-order valence-corrected chi connectivity index (χ0v) is 13.5. The number of aryl methyl sites for hydroxylation is 1. The predicted molar refractivity (Wildman–Crippen MR) is 85.7 cm³/mol. The summed E-state index contributed by atoms with van der Waals surface area (Å²) in [5.41, 5.74) is 0. The molecule has 0 aromatic carbocycles. The molecule has 1 aromatic heterocycles. The number of nitrogens with zero attached hydrogens (tertiary/aromatic N) is 3. The maximum Gasteiger partial charge on any atom is 0.227 e. The molecule has 6 heteroatoms. The molecule has 20 heavy (non-hydrogen) atoms. The average Bonchev–Trinajstić information content (AvgIpc) is 2.94. The standard InChI is InChI=1S/C14H21N3OS2/c1-11-9-15-14(20-11)17-4-2-3-12(10-17)13(18)16-5-7-19-8-6-16/h9,12H,2-8,10H2,1H3. The molecule has 1 aromatic rings. The van der Waals surface area contributed by atoms with Crippen LogP contribution in [0.3, 0.4) is 0 Å². The average molecular weight is 311 g/mol. The molecule has 1 atom stereocenters. The van der Waals surface area contributed by atoms with E-state index in [0.29, 0.717) is 5.91 Å². The maximum absolute atomic E-state index is 12.6. The number of hydrogen-bond acceptors (Lipinski definition) is 5. The molecule has 1 unspecified atom stereocenters. The van der Waals surface area contributed by atoms with Crippen LogP contribution in [0.4, 0.5) is 5.13 Å². The van der Waals surface area contributed by atoms with Gasteiger partial charge >= 0.3 is 0 Å². The molecular weight excluding hydrogens is 290 g/mol. The summed E-state index contributed by atoms with van der Waals surface area (Å²) in [5.74, 6) is 2.71. The SMILES string of the molecule is Cc1cnc(N2CCCC(C(=O)N3CCSCC3)C2)s1. The minimum Gasteiger partial charge on any atom is -0.347 e. The maximum atomic E-state index is 12.6. The molecule has 0 bridgehead atoms. The van der Waals surface area contributed by atoms with Crippen molar-refractivity contribution in [1.82, 2.24) is 9.88 Å². The molecule has 1 amide bonds. The Labute approximate surface area is 128 Å². The molecular formula is C14H21N3OS2. The van der Waals surface area contributed by atoms with Crippen molar-refractivity contribution in [3.8, 4) is 0 Å². The van der Waals surface area contributed by atoms with Gasteiger partial charge in [-0.2, -0.15) is 11.8 Å². The second kappa shape index (κ2) is 6.35. The Bertz CT molecular complexity index is 471. The number of aromatic nitrogens is 1. The van der Waals surface area contributed by atoms with Gasteiger partial charge in [-0.1, -0.05) is 0 Å². The van der Waals surface area contributed by atoms with E-state index in [9.17, 15) is 4.79 Å². The van der Waals surface area contributed by atoms with Crippen molar-refractivity contribution in [1.29, 1.82) is 0 Å². The quantitative estimate of drug-likeness (QED) is 0.839. The lowest BCUT2D eigenvalue weighted by atomic mass is 9.97. The second-order valence-corrected chi connectivity index (χ2v) is 7.91. The predicted octanol–water partition coefficient (Wildman–Crippen LogP) is 2.24. The summed E-state index contributed by atoms with van der Waals surface area (Å²) in [5, 5.41) is 1.08. The van der Waals surface area contributed by atoms with Gasteiger partial charge in [-0.15, -0.1) is 11.3 Å². The van der Waals surface area contributed by atoms with E-state index in [2.05, 4.69) is 21.7 Å². The van der Waals surface area contributed by atoms with Crippen LogP contribution in [-0.4, -0.2) is 53.5 Å². The Kier molecular flexibility index (Phi) is 4.51. The summed E-state index contributed by atoms with van der Waals surface area (Å²) in [6.07, 6.45) is 4.05. The largest absolute Gasteiger partial charge is 0.347 e. The number of amides is 1. The van der Waals surface area contributed by atoms with E-state index in [1.165, 1.54) is 4.88 Å². The van der Waals surface area contributed by atoms with E-state index in [-0.39, 0.29) is 5.92 Å². The van der Waals surface area contributed by atoms with Gasteiger partial charge in [-0.05, 0) is 19.8 Å². The third kappa shape index (κ3) is 3.11. The number of thiazole rings is 1. The van der Waals surface area contributed by atoms with E-state index < -0.39 is 0 Å². The molecule has 2 aliphatic heterocycles. The molecule has 0 N–H and O–H groups in total. The van der Waals surface area contributed by atoms with Crippen molar-refractivity contribution in [3.05, 3.63) is 11.1 Å². The first kappa shape index (κ1) is 14.2. The van der Waals surface area contributed by atoms with Crippen LogP contribution in [-0.2, 0) is 4.79 Å². The monoisotopic (exact) mass is 311 g/mol. The van der Waals surface area contributed by atoms with Gasteiger partial charge in [0.25, 0.3) is 0 Å². The lowest BCUT2D eigenvalue weighted by molar-refractivity contribution is -0.135. The van der Waals surface area contributed by atoms with Crippen LogP contribution in [0.1, 0.15) is 17.7 Å². The van der Waals surface area contributed by atoms with Gasteiger partial charge in [0, 0.05) is 48.8 Å². The summed E-state index contributed by atoms with van der Waals surface area (Å²) in [6.45, 7) is 5.81. The van der Waals surface area contributed by atoms with Gasteiger partial charge in [-0.25, -0.2) is 4.98 Å². The van der Waals surface area contributed by atoms with Crippen molar-refractivity contribution in [2.75, 3.05) is 42.6 Å². The highest BCUT2D eigenvalue weighted by Crippen LogP contribution is 2.28. The van der Waals surface area contributed by atoms with Crippen molar-refractivity contribution in [3.63, 3.8) is 0 Å². The lowest BCUT2D eigenvalue weighted by Crippen LogP contribution is -2.47. The molecule has 0 spiro atoms. The van der Waals surface area contributed by atoms with Crippen molar-refractivity contribution in [2.24, 2.45) is 5.92 Å². The zero-order valence-electron chi connectivity index (χ0n) is 11.9. The Balaban J connectivity index is 1.63. The van der Waals surface area contributed by atoms with Gasteiger partial charge < -0.3 is 9.80 Å². The highest BCUT2D eigenvalue weighted by atomic mass is 32.2. The number of hydrogen-bond donors (Lipinski definition) is 0. The van der Waals surface area contributed by atoms with Gasteiger partial charge in [0.1, 0.15) is 0 Å². The highest BCUT2D eigenvalue weighted by molar-refractivity contribution is 7.99. The molecule has 3 heterocycles. The first-order valence-electron chi connectivity index (χ1n) is 7.28. The van der Waals surface area contributed by atoms with Crippen LogP contribution >= 0.6 is 23.1 Å². The summed E-state index contributed by atoms with van der Waals surface area (Å²) < 4.78 is 0. The fraction of sp³-hybridized carbons (Fsp3) is 0.714. The van der Waals surface area contributed by atoms with Gasteiger partial charge in [-0.3, -0.25) is 4.79 Å². The highest BCUT2D eigenvalue weighted by Gasteiger charge is 2.30. The molecule has 0 saturated carbocycles. The van der Waals surface area contributed by atoms with E-state index in [1.54, 1.807) is 11.3 Å². The third-order valence-electron chi connectivity index (χ3n) is 3.97. The first-order chi connectivity index (χ1) is 9.74. The molecule has 2 fully saturated rings. The number of carbonyl (C=O) groups is 1. The normalized spacial score (nSPS) is 23.9. The van der Waals surface area contributed by atoms with Crippen molar-refractivity contribution in [2.45, 2.75) is 19.8 Å². The van der Waals surface area contributed by atoms with Gasteiger partial charge in [0.05, 0.1) is 5.92 Å². The summed E-state index contributed by atoms with van der Waals surface area (Å²) in [4.78, 5) is 22.7. The fourth-order valence-electron chi connectivity index (χ4n) is 2.88. The topological polar surface area (TPSA) is 36.4 Å². The molecule has 2 aliphatic rings. The number of anilines is 1. The number of thioether (sulfide) groups is 1. The van der Waals surface area contributed by atoms with E-state index in [1.807, 2.05) is 18.0 Å². The van der Waals surface area contributed by atoms with E-state index >= 15 is 0 Å². The number of carbonyl (C=O) groups excluding carboxylic acids is 1. The van der Waals surface area contributed by atoms with Gasteiger partial charge in [0.2, 0.25) is 5.91 Å². The molecule has 0 aliphatic carbocycles. The van der Waals surface area contributed by atoms with Crippen LogP contribution in [0.2, 0.25) is 0 Å². The van der Waals surface area contributed by atoms with Gasteiger partial charge in [0.15, 0.2) is 5.13 Å². The molecule has 3 rings (SSSR count). The lowest BCUT2D eigenvalue weighted by Gasteiger charge is -2.36.